The summed E-state index contributed by atoms with van der Waals surface area (Å²) in [4.78, 5) is 13.7. The summed E-state index contributed by atoms with van der Waals surface area (Å²) in [6.45, 7) is 3.99. The number of ether oxygens (including phenoxy) is 1. The Bertz CT molecular complexity index is 308. The quantitative estimate of drug-likeness (QED) is 0.255. The zero-order valence-electron chi connectivity index (χ0n) is 10.0. The van der Waals surface area contributed by atoms with Gasteiger partial charge in [-0.05, 0) is 13.8 Å². The molecule has 0 radical (unpaired) electrons. The van der Waals surface area contributed by atoms with Gasteiger partial charge in [0.15, 0.2) is 5.84 Å². The summed E-state index contributed by atoms with van der Waals surface area (Å²) in [5, 5.41) is 20.4. The van der Waals surface area contributed by atoms with Crippen molar-refractivity contribution in [2.24, 2.45) is 16.8 Å². The highest BCUT2D eigenvalue weighted by atomic mass is 16.5. The molecule has 3 atom stereocenters. The fourth-order valence-electron chi connectivity index (χ4n) is 1.70. The van der Waals surface area contributed by atoms with Crippen molar-refractivity contribution in [2.45, 2.75) is 26.0 Å². The normalized spacial score (nSPS) is 27.9. The number of aliphatic hydroxyl groups excluding tert-OH is 1. The minimum Gasteiger partial charge on any atom is -0.409 e. The molecule has 1 amide bonds. The second-order valence-electron chi connectivity index (χ2n) is 4.22. The number of rotatable bonds is 3. The molecule has 1 heterocycles. The van der Waals surface area contributed by atoms with Crippen LogP contribution < -0.4 is 5.73 Å². The van der Waals surface area contributed by atoms with Crippen molar-refractivity contribution < 1.29 is 19.8 Å². The zero-order chi connectivity index (χ0) is 13.0. The van der Waals surface area contributed by atoms with E-state index in [1.807, 2.05) is 6.92 Å². The lowest BCUT2D eigenvalue weighted by Crippen LogP contribution is -2.54. The summed E-state index contributed by atoms with van der Waals surface area (Å²) in [5.41, 5.74) is 5.41. The van der Waals surface area contributed by atoms with Gasteiger partial charge in [-0.2, -0.15) is 0 Å². The number of oxime groups is 1. The van der Waals surface area contributed by atoms with Crippen LogP contribution in [0.1, 0.15) is 13.8 Å². The predicted octanol–water partition coefficient (Wildman–Crippen LogP) is -1.02. The molecule has 0 aromatic heterocycles. The molecule has 1 aliphatic heterocycles. The van der Waals surface area contributed by atoms with Crippen molar-refractivity contribution in [3.63, 3.8) is 0 Å². The lowest BCUT2D eigenvalue weighted by Gasteiger charge is -2.38. The van der Waals surface area contributed by atoms with Crippen molar-refractivity contribution in [3.8, 4) is 0 Å². The van der Waals surface area contributed by atoms with E-state index in [9.17, 15) is 4.79 Å². The summed E-state index contributed by atoms with van der Waals surface area (Å²) >= 11 is 0. The molecular formula is C10H19N3O4. The third-order valence-electron chi connectivity index (χ3n) is 2.92. The van der Waals surface area contributed by atoms with E-state index >= 15 is 0 Å². The molecule has 7 heteroatoms. The lowest BCUT2D eigenvalue weighted by atomic mass is 10.1. The molecule has 17 heavy (non-hydrogen) atoms. The van der Waals surface area contributed by atoms with Gasteiger partial charge < -0.3 is 25.7 Å². The summed E-state index contributed by atoms with van der Waals surface area (Å²) in [5.74, 6) is -1.02. The van der Waals surface area contributed by atoms with E-state index in [-0.39, 0.29) is 30.5 Å². The number of hydrogen-bond acceptors (Lipinski definition) is 5. The molecule has 0 aromatic carbocycles. The Morgan fingerprint density at radius 2 is 2.35 bits per heavy atom. The molecule has 0 saturated carbocycles. The first-order chi connectivity index (χ1) is 8.01. The molecule has 3 unspecified atom stereocenters. The predicted molar refractivity (Wildman–Crippen MR) is 60.6 cm³/mol. The number of aliphatic hydroxyl groups is 1. The second-order valence-corrected chi connectivity index (χ2v) is 4.22. The van der Waals surface area contributed by atoms with Gasteiger partial charge in [0, 0.05) is 6.54 Å². The van der Waals surface area contributed by atoms with Crippen LogP contribution in [0.4, 0.5) is 0 Å². The monoisotopic (exact) mass is 245 g/mol. The van der Waals surface area contributed by atoms with Crippen molar-refractivity contribution in [2.75, 3.05) is 19.8 Å². The van der Waals surface area contributed by atoms with Crippen LogP contribution in [0.2, 0.25) is 0 Å². The Balaban J connectivity index is 2.72. The summed E-state index contributed by atoms with van der Waals surface area (Å²) < 4.78 is 5.33. The highest BCUT2D eigenvalue weighted by molar-refractivity contribution is 6.01. The van der Waals surface area contributed by atoms with Gasteiger partial charge in [0.25, 0.3) is 0 Å². The Morgan fingerprint density at radius 3 is 2.88 bits per heavy atom. The van der Waals surface area contributed by atoms with Crippen LogP contribution in [-0.4, -0.2) is 58.9 Å². The van der Waals surface area contributed by atoms with Crippen molar-refractivity contribution in [1.29, 1.82) is 0 Å². The fourth-order valence-corrected chi connectivity index (χ4v) is 1.70. The number of nitrogens with two attached hydrogens (primary N) is 1. The third kappa shape index (κ3) is 3.07. The standard InChI is InChI=1S/C10H19N3O4/c1-6-5-17-8(4-14)3-13(6)10(15)7(2)9(11)12-16/h6-8,14,16H,3-5H2,1-2H3,(H2,11,12). The average Bonchev–Trinajstić information content (AvgIpc) is 2.36. The molecule has 98 valence electrons. The third-order valence-corrected chi connectivity index (χ3v) is 2.92. The van der Waals surface area contributed by atoms with E-state index in [4.69, 9.17) is 20.8 Å². The zero-order valence-corrected chi connectivity index (χ0v) is 10.0. The highest BCUT2D eigenvalue weighted by Crippen LogP contribution is 2.15. The van der Waals surface area contributed by atoms with E-state index in [1.54, 1.807) is 11.8 Å². The number of amides is 1. The topological polar surface area (TPSA) is 108 Å². The maximum atomic E-state index is 12.1. The van der Waals surface area contributed by atoms with Crippen LogP contribution in [0.15, 0.2) is 5.16 Å². The van der Waals surface area contributed by atoms with Crippen LogP contribution in [0.5, 0.6) is 0 Å². The van der Waals surface area contributed by atoms with E-state index in [1.165, 1.54) is 0 Å². The van der Waals surface area contributed by atoms with E-state index < -0.39 is 5.92 Å². The number of carbonyl (C=O) groups is 1. The molecule has 0 aromatic rings. The summed E-state index contributed by atoms with van der Waals surface area (Å²) in [6, 6.07) is -0.0840. The second kappa shape index (κ2) is 5.83. The first-order valence-electron chi connectivity index (χ1n) is 5.51. The Hall–Kier alpha value is -1.34. The van der Waals surface area contributed by atoms with E-state index in [0.29, 0.717) is 13.2 Å². The number of hydrogen-bond donors (Lipinski definition) is 3. The fraction of sp³-hybridized carbons (Fsp3) is 0.800. The molecule has 0 aliphatic carbocycles. The molecule has 7 nitrogen and oxygen atoms in total. The Kier molecular flexibility index (Phi) is 4.71. The molecule has 1 saturated heterocycles. The smallest absolute Gasteiger partial charge is 0.233 e. The summed E-state index contributed by atoms with van der Waals surface area (Å²) in [6.07, 6.45) is -0.366. The van der Waals surface area contributed by atoms with Gasteiger partial charge in [0.2, 0.25) is 5.91 Å². The Morgan fingerprint density at radius 1 is 1.71 bits per heavy atom. The van der Waals surface area contributed by atoms with Gasteiger partial charge in [-0.1, -0.05) is 5.16 Å². The maximum absolute atomic E-state index is 12.1. The SMILES string of the molecule is CC(C(=O)N1CC(CO)OCC1C)C(N)=NO. The first kappa shape index (κ1) is 13.7. The number of nitrogens with zero attached hydrogens (tertiary/aromatic N) is 2. The van der Waals surface area contributed by atoms with Crippen molar-refractivity contribution in [1.82, 2.24) is 4.90 Å². The lowest BCUT2D eigenvalue weighted by molar-refractivity contribution is -0.147. The molecule has 0 spiro atoms. The Labute approximate surface area is 99.8 Å². The molecule has 1 fully saturated rings. The van der Waals surface area contributed by atoms with Crippen LogP contribution in [0.3, 0.4) is 0 Å². The van der Waals surface area contributed by atoms with Crippen LogP contribution in [-0.2, 0) is 9.53 Å². The van der Waals surface area contributed by atoms with Gasteiger partial charge in [0.1, 0.15) is 0 Å². The molecular weight excluding hydrogens is 226 g/mol. The van der Waals surface area contributed by atoms with E-state index in [2.05, 4.69) is 5.16 Å². The summed E-state index contributed by atoms with van der Waals surface area (Å²) in [7, 11) is 0. The molecule has 1 rings (SSSR count). The average molecular weight is 245 g/mol. The van der Waals surface area contributed by atoms with Gasteiger partial charge >= 0.3 is 0 Å². The van der Waals surface area contributed by atoms with Crippen LogP contribution in [0, 0.1) is 5.92 Å². The van der Waals surface area contributed by atoms with Gasteiger partial charge in [0.05, 0.1) is 31.3 Å². The van der Waals surface area contributed by atoms with E-state index in [0.717, 1.165) is 0 Å². The van der Waals surface area contributed by atoms with Crippen molar-refractivity contribution in [3.05, 3.63) is 0 Å². The largest absolute Gasteiger partial charge is 0.409 e. The van der Waals surface area contributed by atoms with Gasteiger partial charge in [-0.25, -0.2) is 0 Å². The van der Waals surface area contributed by atoms with Gasteiger partial charge in [-0.3, -0.25) is 4.79 Å². The van der Waals surface area contributed by atoms with Crippen molar-refractivity contribution >= 4 is 11.7 Å². The van der Waals surface area contributed by atoms with Crippen LogP contribution in [0.25, 0.3) is 0 Å². The molecule has 1 aliphatic rings. The van der Waals surface area contributed by atoms with Crippen LogP contribution >= 0.6 is 0 Å². The van der Waals surface area contributed by atoms with Gasteiger partial charge in [-0.15, -0.1) is 0 Å². The number of carbonyl (C=O) groups excluding carboxylic acids is 1. The minimum atomic E-state index is -0.681. The molecule has 4 N–H and O–H groups in total. The number of amidine groups is 1. The maximum Gasteiger partial charge on any atom is 0.233 e. The minimum absolute atomic E-state index is 0.0840. The highest BCUT2D eigenvalue weighted by Gasteiger charge is 2.32. The first-order valence-corrected chi connectivity index (χ1v) is 5.51. The number of morpholine rings is 1. The molecule has 0 bridgehead atoms.